The molecule has 0 aliphatic heterocycles. The van der Waals surface area contributed by atoms with Gasteiger partial charge in [0.1, 0.15) is 0 Å². The maximum atomic E-state index is 11.5. The topological polar surface area (TPSA) is 82.6 Å². The lowest BCUT2D eigenvalue weighted by Gasteiger charge is -2.35. The first kappa shape index (κ1) is 21.2. The van der Waals surface area contributed by atoms with Gasteiger partial charge in [-0.3, -0.25) is 4.99 Å². The van der Waals surface area contributed by atoms with Crippen LogP contribution < -0.4 is 15.4 Å². The van der Waals surface area contributed by atoms with E-state index in [9.17, 15) is 8.42 Å². The molecule has 1 aliphatic carbocycles. The van der Waals surface area contributed by atoms with Crippen molar-refractivity contribution in [1.29, 1.82) is 0 Å². The predicted octanol–water partition coefficient (Wildman–Crippen LogP) is 2.44. The van der Waals surface area contributed by atoms with E-state index in [1.807, 2.05) is 18.3 Å². The van der Waals surface area contributed by atoms with Gasteiger partial charge in [0.05, 0.1) is 12.3 Å². The minimum absolute atomic E-state index is 0.102. The van der Waals surface area contributed by atoms with Crippen molar-refractivity contribution in [3.05, 3.63) is 22.4 Å². The molecule has 8 heteroatoms. The Hall–Kier alpha value is -1.12. The summed E-state index contributed by atoms with van der Waals surface area (Å²) in [5.41, 5.74) is 0.151. The minimum Gasteiger partial charge on any atom is -0.357 e. The third kappa shape index (κ3) is 6.25. The third-order valence-electron chi connectivity index (χ3n) is 4.86. The summed E-state index contributed by atoms with van der Waals surface area (Å²) in [5.74, 6) is 0.856. The van der Waals surface area contributed by atoms with Gasteiger partial charge in [-0.1, -0.05) is 25.3 Å². The molecule has 148 valence electrons. The second kappa shape index (κ2) is 10.3. The van der Waals surface area contributed by atoms with Crippen molar-refractivity contribution in [1.82, 2.24) is 15.4 Å². The largest absolute Gasteiger partial charge is 0.357 e. The van der Waals surface area contributed by atoms with Gasteiger partial charge in [0.25, 0.3) is 0 Å². The van der Waals surface area contributed by atoms with Crippen LogP contribution in [0.25, 0.3) is 0 Å². The first-order chi connectivity index (χ1) is 12.5. The summed E-state index contributed by atoms with van der Waals surface area (Å²) in [6.45, 7) is 6.08. The molecule has 0 amide bonds. The van der Waals surface area contributed by atoms with Crippen molar-refractivity contribution in [3.63, 3.8) is 0 Å². The van der Waals surface area contributed by atoms with E-state index < -0.39 is 10.0 Å². The van der Waals surface area contributed by atoms with Crippen molar-refractivity contribution in [2.75, 3.05) is 31.9 Å². The number of aliphatic imine (C=N–C) groups is 1. The van der Waals surface area contributed by atoms with E-state index >= 15 is 0 Å². The van der Waals surface area contributed by atoms with Crippen molar-refractivity contribution in [3.8, 4) is 0 Å². The highest BCUT2D eigenvalue weighted by Crippen LogP contribution is 2.41. The molecule has 1 saturated carbocycles. The minimum atomic E-state index is -3.15. The summed E-state index contributed by atoms with van der Waals surface area (Å²) in [6.07, 6.45) is 6.21. The summed E-state index contributed by atoms with van der Waals surface area (Å²) in [7, 11) is -3.15. The van der Waals surface area contributed by atoms with E-state index in [1.54, 1.807) is 6.92 Å². The molecular formula is C18H32N4O2S2. The standard InChI is InChI=1S/C18H32N4O2S2/c1-3-19-17(20-12-13-22-26(23,24)4-2)21-15-18(10-6-5-7-11-18)16-9-8-14-25-16/h8-9,14,22H,3-7,10-13,15H2,1-2H3,(H2,19,20,21). The van der Waals surface area contributed by atoms with Gasteiger partial charge in [0, 0.05) is 29.9 Å². The molecule has 2 rings (SSSR count). The molecule has 1 aliphatic rings. The molecule has 0 aromatic carbocycles. The van der Waals surface area contributed by atoms with Gasteiger partial charge in [-0.15, -0.1) is 11.3 Å². The lowest BCUT2D eigenvalue weighted by Crippen LogP contribution is -2.43. The third-order valence-corrected chi connectivity index (χ3v) is 7.38. The number of nitrogens with one attached hydrogen (secondary N) is 3. The van der Waals surface area contributed by atoms with Crippen LogP contribution in [0, 0.1) is 0 Å². The first-order valence-corrected chi connectivity index (χ1v) is 12.1. The first-order valence-electron chi connectivity index (χ1n) is 9.55. The Kier molecular flexibility index (Phi) is 8.37. The van der Waals surface area contributed by atoms with Gasteiger partial charge in [-0.05, 0) is 38.1 Å². The van der Waals surface area contributed by atoms with Gasteiger partial charge in [-0.2, -0.15) is 0 Å². The van der Waals surface area contributed by atoms with E-state index in [0.29, 0.717) is 13.1 Å². The molecule has 0 unspecified atom stereocenters. The molecule has 1 fully saturated rings. The van der Waals surface area contributed by atoms with Gasteiger partial charge >= 0.3 is 0 Å². The molecule has 1 aromatic rings. The van der Waals surface area contributed by atoms with Crippen LogP contribution in [0.15, 0.2) is 22.5 Å². The molecule has 1 heterocycles. The van der Waals surface area contributed by atoms with E-state index in [0.717, 1.165) is 19.0 Å². The SMILES string of the molecule is CCNC(=NCC1(c2cccs2)CCCCC1)NCCNS(=O)(=O)CC. The fraction of sp³-hybridized carbons (Fsp3) is 0.722. The molecular weight excluding hydrogens is 368 g/mol. The van der Waals surface area contributed by atoms with Crippen LogP contribution in [0.2, 0.25) is 0 Å². The average Bonchev–Trinajstić information content (AvgIpc) is 3.19. The van der Waals surface area contributed by atoms with E-state index in [4.69, 9.17) is 4.99 Å². The monoisotopic (exact) mass is 400 g/mol. The number of guanidine groups is 1. The van der Waals surface area contributed by atoms with Crippen LogP contribution in [0.4, 0.5) is 0 Å². The highest BCUT2D eigenvalue weighted by atomic mass is 32.2. The van der Waals surface area contributed by atoms with Crippen LogP contribution in [0.5, 0.6) is 0 Å². The number of hydrogen-bond acceptors (Lipinski definition) is 4. The fourth-order valence-corrected chi connectivity index (χ4v) is 4.95. The summed E-state index contributed by atoms with van der Waals surface area (Å²) in [5, 5.41) is 8.65. The summed E-state index contributed by atoms with van der Waals surface area (Å²) in [4.78, 5) is 6.28. The molecule has 0 saturated heterocycles. The van der Waals surface area contributed by atoms with Crippen molar-refractivity contribution >= 4 is 27.3 Å². The predicted molar refractivity (Wildman–Crippen MR) is 111 cm³/mol. The van der Waals surface area contributed by atoms with E-state index in [-0.39, 0.29) is 11.2 Å². The maximum Gasteiger partial charge on any atom is 0.211 e. The van der Waals surface area contributed by atoms with Crippen molar-refractivity contribution in [2.24, 2.45) is 4.99 Å². The maximum absolute atomic E-state index is 11.5. The quantitative estimate of drug-likeness (QED) is 0.338. The zero-order valence-electron chi connectivity index (χ0n) is 15.9. The van der Waals surface area contributed by atoms with Crippen LogP contribution in [0.1, 0.15) is 50.8 Å². The Morgan fingerprint density at radius 1 is 1.19 bits per heavy atom. The molecule has 0 radical (unpaired) electrons. The summed E-state index contributed by atoms with van der Waals surface area (Å²) < 4.78 is 25.6. The number of thiophene rings is 1. The number of hydrogen-bond donors (Lipinski definition) is 3. The highest BCUT2D eigenvalue weighted by molar-refractivity contribution is 7.89. The van der Waals surface area contributed by atoms with Gasteiger partial charge in [-0.25, -0.2) is 13.1 Å². The number of rotatable bonds is 9. The molecule has 26 heavy (non-hydrogen) atoms. The van der Waals surface area contributed by atoms with Gasteiger partial charge in [0.2, 0.25) is 10.0 Å². The Morgan fingerprint density at radius 2 is 1.96 bits per heavy atom. The Balaban J connectivity index is 1.97. The van der Waals surface area contributed by atoms with Crippen molar-refractivity contribution < 1.29 is 8.42 Å². The lowest BCUT2D eigenvalue weighted by atomic mass is 9.73. The Morgan fingerprint density at radius 3 is 2.58 bits per heavy atom. The smallest absolute Gasteiger partial charge is 0.211 e. The van der Waals surface area contributed by atoms with Crippen molar-refractivity contribution in [2.45, 2.75) is 51.4 Å². The molecule has 0 atom stereocenters. The Bertz CT molecular complexity index is 651. The average molecular weight is 401 g/mol. The molecule has 0 bridgehead atoms. The summed E-state index contributed by atoms with van der Waals surface area (Å²) >= 11 is 1.83. The van der Waals surface area contributed by atoms with Gasteiger partial charge in [0.15, 0.2) is 5.96 Å². The zero-order valence-corrected chi connectivity index (χ0v) is 17.5. The van der Waals surface area contributed by atoms with E-state index in [1.165, 1.54) is 37.0 Å². The molecule has 6 nitrogen and oxygen atoms in total. The second-order valence-electron chi connectivity index (χ2n) is 6.74. The van der Waals surface area contributed by atoms with Crippen LogP contribution in [0.3, 0.4) is 0 Å². The van der Waals surface area contributed by atoms with Crippen LogP contribution >= 0.6 is 11.3 Å². The fourth-order valence-electron chi connectivity index (χ4n) is 3.35. The Labute approximate surface area is 161 Å². The zero-order chi connectivity index (χ0) is 18.9. The highest BCUT2D eigenvalue weighted by Gasteiger charge is 2.34. The molecule has 3 N–H and O–H groups in total. The number of nitrogens with zero attached hydrogens (tertiary/aromatic N) is 1. The lowest BCUT2D eigenvalue weighted by molar-refractivity contribution is 0.306. The van der Waals surface area contributed by atoms with E-state index in [2.05, 4.69) is 32.9 Å². The van der Waals surface area contributed by atoms with Gasteiger partial charge < -0.3 is 10.6 Å². The summed E-state index contributed by atoms with van der Waals surface area (Å²) in [6, 6.07) is 4.37. The normalized spacial score (nSPS) is 17.8. The second-order valence-corrected chi connectivity index (χ2v) is 9.78. The molecule has 0 spiro atoms. The van der Waals surface area contributed by atoms with Crippen LogP contribution in [-0.2, 0) is 15.4 Å². The molecule has 1 aromatic heterocycles. The number of sulfonamides is 1. The van der Waals surface area contributed by atoms with Crippen LogP contribution in [-0.4, -0.2) is 46.3 Å².